The van der Waals surface area contributed by atoms with E-state index in [4.69, 9.17) is 5.10 Å². The zero-order valence-electron chi connectivity index (χ0n) is 34.2. The maximum absolute atomic E-state index is 14.4. The molecule has 2 aliphatic heterocycles. The summed E-state index contributed by atoms with van der Waals surface area (Å²) in [4.78, 5) is 54.8. The molecule has 5 heterocycles. The van der Waals surface area contributed by atoms with E-state index < -0.39 is 18.2 Å². The van der Waals surface area contributed by atoms with Gasteiger partial charge in [0.1, 0.15) is 12.1 Å². The SMILES string of the molecule is Cc1ncsc1-c1ccc(CNC(=O)[C@@H]2C[C@@H](O)CN2C(=O)[C@H](C(C)C)N2Cc3ccccc3C2=O)c(Bn2cc(-c3ccc4c(c3)CC/C4=N\O)c(-c3ccncc3)n2)c1. The Hall–Kier alpha value is -6.45. The van der Waals surface area contributed by atoms with Crippen molar-refractivity contribution in [1.82, 2.24) is 34.8 Å². The molecule has 3 aromatic heterocycles. The Bertz CT molecular complexity index is 2700. The van der Waals surface area contributed by atoms with Crippen LogP contribution in [0.2, 0.25) is 0 Å². The smallest absolute Gasteiger partial charge is 0.299 e. The zero-order chi connectivity index (χ0) is 42.4. The van der Waals surface area contributed by atoms with Gasteiger partial charge in [0.05, 0.1) is 33.6 Å². The summed E-state index contributed by atoms with van der Waals surface area (Å²) in [6.07, 6.45) is 6.23. The molecule has 3 amide bonds. The third-order valence-corrected chi connectivity index (χ3v) is 13.1. The number of aliphatic hydroxyl groups excluding tert-OH is 1. The predicted molar refractivity (Wildman–Crippen MR) is 235 cm³/mol. The van der Waals surface area contributed by atoms with E-state index in [0.717, 1.165) is 72.7 Å². The van der Waals surface area contributed by atoms with Crippen LogP contribution in [0, 0.1) is 12.8 Å². The first-order valence-corrected chi connectivity index (χ1v) is 21.5. The van der Waals surface area contributed by atoms with Gasteiger partial charge in [0.2, 0.25) is 11.8 Å². The number of nitrogens with zero attached hydrogens (tertiary/aromatic N) is 7. The third kappa shape index (κ3) is 7.63. The van der Waals surface area contributed by atoms with Crippen LogP contribution < -0.4 is 10.8 Å². The van der Waals surface area contributed by atoms with Gasteiger partial charge in [0.15, 0.2) is 0 Å². The lowest BCUT2D eigenvalue weighted by atomic mass is 9.78. The summed E-state index contributed by atoms with van der Waals surface area (Å²) in [6, 6.07) is 21.9. The van der Waals surface area contributed by atoms with Crippen LogP contribution in [0.3, 0.4) is 0 Å². The molecule has 1 aliphatic carbocycles. The summed E-state index contributed by atoms with van der Waals surface area (Å²) in [5.41, 5.74) is 13.4. The van der Waals surface area contributed by atoms with Gasteiger partial charge >= 0.3 is 0 Å². The Morgan fingerprint density at radius 1 is 0.967 bits per heavy atom. The number of pyridine rings is 1. The summed E-state index contributed by atoms with van der Waals surface area (Å²) in [6.45, 7) is 6.27. The second-order valence-electron chi connectivity index (χ2n) is 16.4. The summed E-state index contributed by atoms with van der Waals surface area (Å²) in [7, 11) is 0.385. The van der Waals surface area contributed by atoms with Gasteiger partial charge in [-0.15, -0.1) is 11.3 Å². The van der Waals surface area contributed by atoms with Gasteiger partial charge in [0, 0.05) is 66.9 Å². The molecule has 0 radical (unpaired) electrons. The highest BCUT2D eigenvalue weighted by Crippen LogP contribution is 2.35. The second-order valence-corrected chi connectivity index (χ2v) is 17.2. The summed E-state index contributed by atoms with van der Waals surface area (Å²) in [5, 5.41) is 32.1. The van der Waals surface area contributed by atoms with E-state index in [1.807, 2.05) is 91.7 Å². The molecule has 3 atom stereocenters. The molecule has 3 aromatic carbocycles. The molecule has 3 aliphatic rings. The number of β-amino-alcohol motifs (C(OH)–C–C–N with tert-alkyl or cyclic N) is 1. The van der Waals surface area contributed by atoms with E-state index in [2.05, 4.69) is 32.6 Å². The lowest BCUT2D eigenvalue weighted by Crippen LogP contribution is -2.55. The number of thiazole rings is 1. The van der Waals surface area contributed by atoms with Crippen LogP contribution in [0.15, 0.2) is 102 Å². The molecule has 15 heteroatoms. The summed E-state index contributed by atoms with van der Waals surface area (Å²) >= 11 is 1.57. The van der Waals surface area contributed by atoms with Crippen LogP contribution in [-0.2, 0) is 29.1 Å². The Balaban J connectivity index is 0.999. The fraction of sp³-hybridized carbons (Fsp3) is 0.283. The quantitative estimate of drug-likeness (QED) is 0.0938. The van der Waals surface area contributed by atoms with Crippen molar-refractivity contribution in [2.24, 2.45) is 11.1 Å². The van der Waals surface area contributed by atoms with Gasteiger partial charge < -0.3 is 30.0 Å². The molecule has 0 unspecified atom stereocenters. The van der Waals surface area contributed by atoms with Crippen LogP contribution in [0.1, 0.15) is 65.0 Å². The number of carbonyl (C=O) groups is 3. The molecule has 0 saturated carbocycles. The number of carbonyl (C=O) groups excluding carboxylic acids is 3. The van der Waals surface area contributed by atoms with E-state index >= 15 is 0 Å². The molecule has 6 aromatic rings. The maximum atomic E-state index is 14.4. The zero-order valence-corrected chi connectivity index (χ0v) is 35.0. The van der Waals surface area contributed by atoms with E-state index in [-0.39, 0.29) is 43.1 Å². The fourth-order valence-corrected chi connectivity index (χ4v) is 9.88. The highest BCUT2D eigenvalue weighted by Gasteiger charge is 2.46. The van der Waals surface area contributed by atoms with Crippen molar-refractivity contribution in [1.29, 1.82) is 0 Å². The minimum Gasteiger partial charge on any atom is -0.411 e. The maximum Gasteiger partial charge on any atom is 0.299 e. The molecule has 61 heavy (non-hydrogen) atoms. The number of hydrogen-bond acceptors (Lipinski definition) is 10. The van der Waals surface area contributed by atoms with Gasteiger partial charge in [-0.25, -0.2) is 4.98 Å². The van der Waals surface area contributed by atoms with Crippen molar-refractivity contribution < 1.29 is 24.7 Å². The van der Waals surface area contributed by atoms with Crippen LogP contribution in [0.5, 0.6) is 0 Å². The van der Waals surface area contributed by atoms with Crippen LogP contribution in [0.4, 0.5) is 0 Å². The molecule has 13 nitrogen and oxygen atoms in total. The number of aliphatic hydroxyl groups is 1. The lowest BCUT2D eigenvalue weighted by molar-refractivity contribution is -0.143. The van der Waals surface area contributed by atoms with Gasteiger partial charge in [-0.1, -0.05) is 79.1 Å². The average Bonchev–Trinajstić information content (AvgIpc) is 4.11. The number of aromatic nitrogens is 4. The number of aryl methyl sites for hydroxylation is 2. The first kappa shape index (κ1) is 40.0. The number of hydrogen-bond donors (Lipinski definition) is 3. The molecule has 3 N–H and O–H groups in total. The largest absolute Gasteiger partial charge is 0.411 e. The van der Waals surface area contributed by atoms with Crippen LogP contribution in [0.25, 0.3) is 32.8 Å². The number of amides is 3. The monoisotopic (exact) mass is 832 g/mol. The Morgan fingerprint density at radius 3 is 2.52 bits per heavy atom. The third-order valence-electron chi connectivity index (χ3n) is 12.1. The highest BCUT2D eigenvalue weighted by molar-refractivity contribution is 7.13. The van der Waals surface area contributed by atoms with Gasteiger partial charge in [-0.3, -0.25) is 19.4 Å². The molecule has 1 saturated heterocycles. The van der Waals surface area contributed by atoms with Crippen LogP contribution in [-0.4, -0.2) is 95.4 Å². The van der Waals surface area contributed by atoms with Gasteiger partial charge in [-0.05, 0) is 71.7 Å². The number of likely N-dealkylation sites (tertiary alicyclic amines) is 1. The van der Waals surface area contributed by atoms with Crippen molar-refractivity contribution in [3.05, 3.63) is 130 Å². The lowest BCUT2D eigenvalue weighted by Gasteiger charge is -2.35. The molecule has 0 bridgehead atoms. The Kier molecular flexibility index (Phi) is 10.8. The standard InChI is InChI=1S/C46H45BN8O5S/c1-26(2)42(54-22-33-6-4-5-7-36(33)45(54)58)46(59)53-23-34(56)20-40(53)44(57)49-21-32-9-8-31(43-27(3)50-25-61-43)19-38(32)47-55-24-37(41(51-55)28-14-16-48-17-15-28)30-10-12-35-29(18-30)11-13-39(35)52-60/h4-10,12,14-19,24-26,34,40,42,47,56,60H,11,13,20-23H2,1-3H3,(H,49,57)/b52-39+/t34-,40+,42+/m1/s1. The highest BCUT2D eigenvalue weighted by atomic mass is 32.1. The van der Waals surface area contributed by atoms with E-state index in [0.29, 0.717) is 31.7 Å². The molecular formula is C46H45BN8O5S. The summed E-state index contributed by atoms with van der Waals surface area (Å²) in [5.74, 6) is -1.15. The molecule has 0 spiro atoms. The topological polar surface area (TPSA) is 166 Å². The Morgan fingerprint density at radius 2 is 1.77 bits per heavy atom. The first-order chi connectivity index (χ1) is 29.6. The molecule has 1 fully saturated rings. The second kappa shape index (κ2) is 16.5. The van der Waals surface area contributed by atoms with Crippen molar-refractivity contribution in [3.63, 3.8) is 0 Å². The van der Waals surface area contributed by atoms with Crippen molar-refractivity contribution in [2.75, 3.05) is 6.54 Å². The van der Waals surface area contributed by atoms with Crippen molar-refractivity contribution in [2.45, 2.75) is 71.3 Å². The van der Waals surface area contributed by atoms with Crippen molar-refractivity contribution in [3.8, 4) is 32.8 Å². The number of oxime groups is 1. The predicted octanol–water partition coefficient (Wildman–Crippen LogP) is 4.95. The van der Waals surface area contributed by atoms with E-state index in [1.165, 1.54) is 4.90 Å². The number of benzene rings is 3. The number of fused-ring (bicyclic) bond motifs is 2. The molecule has 308 valence electrons. The normalized spacial score (nSPS) is 18.2. The van der Waals surface area contributed by atoms with Crippen LogP contribution >= 0.6 is 11.3 Å². The molecular weight excluding hydrogens is 787 g/mol. The van der Waals surface area contributed by atoms with E-state index in [9.17, 15) is 24.7 Å². The minimum atomic E-state index is -0.907. The summed E-state index contributed by atoms with van der Waals surface area (Å²) < 4.78 is 1.92. The minimum absolute atomic E-state index is 0.00507. The molecule has 9 rings (SSSR count). The van der Waals surface area contributed by atoms with Gasteiger partial charge in [0.25, 0.3) is 13.3 Å². The number of rotatable bonds is 11. The fourth-order valence-electron chi connectivity index (χ4n) is 9.07. The number of nitrogens with one attached hydrogen (secondary N) is 1. The van der Waals surface area contributed by atoms with E-state index in [1.54, 1.807) is 34.7 Å². The first-order valence-electron chi connectivity index (χ1n) is 20.6. The average molecular weight is 833 g/mol. The van der Waals surface area contributed by atoms with Crippen molar-refractivity contribution >= 4 is 47.6 Å². The Labute approximate surface area is 358 Å². The van der Waals surface area contributed by atoms with Gasteiger partial charge in [-0.2, -0.15) is 5.10 Å².